The normalized spacial score (nSPS) is 17.0. The first-order chi connectivity index (χ1) is 7.84. The molecule has 0 saturated heterocycles. The van der Waals surface area contributed by atoms with E-state index in [1.165, 1.54) is 19.3 Å². The second-order valence-electron chi connectivity index (χ2n) is 4.36. The molecule has 0 aromatic carbocycles. The highest BCUT2D eigenvalue weighted by atomic mass is 16.2. The van der Waals surface area contributed by atoms with Gasteiger partial charge in [0.05, 0.1) is 6.54 Å². The van der Waals surface area contributed by atoms with Crippen molar-refractivity contribution in [2.24, 2.45) is 0 Å². The molecule has 2 rings (SSSR count). The molecule has 16 heavy (non-hydrogen) atoms. The molecule has 2 amide bonds. The van der Waals surface area contributed by atoms with Gasteiger partial charge in [-0.15, -0.1) is 0 Å². The van der Waals surface area contributed by atoms with Crippen LogP contribution >= 0.6 is 0 Å². The number of carbonyl (C=O) groups excluding carboxylic acids is 1. The molecule has 1 aliphatic rings. The van der Waals surface area contributed by atoms with Crippen molar-refractivity contribution >= 4 is 6.03 Å². The number of nitrogens with one attached hydrogen (secondary N) is 3. The summed E-state index contributed by atoms with van der Waals surface area (Å²) in [4.78, 5) is 14.6. The lowest BCUT2D eigenvalue weighted by molar-refractivity contribution is 0.232. The minimum Gasteiger partial charge on any atom is -0.364 e. The number of aromatic nitrogens is 1. The van der Waals surface area contributed by atoms with E-state index >= 15 is 0 Å². The molecule has 0 radical (unpaired) electrons. The van der Waals surface area contributed by atoms with Gasteiger partial charge < -0.3 is 15.6 Å². The fourth-order valence-electron chi connectivity index (χ4n) is 2.14. The Labute approximate surface area is 95.8 Å². The molecule has 1 aromatic heterocycles. The number of rotatable bonds is 3. The molecule has 3 N–H and O–H groups in total. The summed E-state index contributed by atoms with van der Waals surface area (Å²) in [6, 6.07) is 4.20. The number of carbonyl (C=O) groups is 1. The Bertz CT molecular complexity index is 315. The summed E-state index contributed by atoms with van der Waals surface area (Å²) in [5.74, 6) is 0. The van der Waals surface area contributed by atoms with Crippen LogP contribution in [0.4, 0.5) is 4.79 Å². The minimum absolute atomic E-state index is 0.0542. The third-order valence-electron chi connectivity index (χ3n) is 3.04. The number of H-pyrrole nitrogens is 1. The molecular weight excluding hydrogens is 202 g/mol. The van der Waals surface area contributed by atoms with Crippen molar-refractivity contribution in [3.8, 4) is 0 Å². The minimum atomic E-state index is -0.0542. The summed E-state index contributed by atoms with van der Waals surface area (Å²) in [6.45, 7) is 0.561. The lowest BCUT2D eigenvalue weighted by Gasteiger charge is -2.22. The first-order valence-electron chi connectivity index (χ1n) is 6.01. The van der Waals surface area contributed by atoms with Crippen molar-refractivity contribution in [1.82, 2.24) is 15.6 Å². The van der Waals surface area contributed by atoms with Gasteiger partial charge in [0.25, 0.3) is 0 Å². The van der Waals surface area contributed by atoms with Crippen molar-refractivity contribution in [3.63, 3.8) is 0 Å². The van der Waals surface area contributed by atoms with E-state index in [9.17, 15) is 4.79 Å². The number of hydrogen-bond donors (Lipinski definition) is 3. The van der Waals surface area contributed by atoms with Gasteiger partial charge in [-0.2, -0.15) is 0 Å². The molecule has 1 aliphatic carbocycles. The molecule has 1 heterocycles. The highest BCUT2D eigenvalue weighted by Crippen LogP contribution is 2.17. The van der Waals surface area contributed by atoms with Gasteiger partial charge in [0.15, 0.2) is 0 Å². The number of aromatic amines is 1. The highest BCUT2D eigenvalue weighted by molar-refractivity contribution is 5.74. The van der Waals surface area contributed by atoms with Crippen LogP contribution in [0.1, 0.15) is 37.8 Å². The SMILES string of the molecule is O=C(NCc1ccc[nH]1)NC1CCCCC1. The molecule has 0 aliphatic heterocycles. The van der Waals surface area contributed by atoms with Gasteiger partial charge in [0.1, 0.15) is 0 Å². The zero-order valence-corrected chi connectivity index (χ0v) is 9.46. The second kappa shape index (κ2) is 5.58. The van der Waals surface area contributed by atoms with Gasteiger partial charge in [-0.1, -0.05) is 19.3 Å². The van der Waals surface area contributed by atoms with Crippen LogP contribution in [0.25, 0.3) is 0 Å². The van der Waals surface area contributed by atoms with Crippen molar-refractivity contribution in [2.45, 2.75) is 44.7 Å². The average molecular weight is 221 g/mol. The van der Waals surface area contributed by atoms with Crippen LogP contribution in [-0.2, 0) is 6.54 Å². The van der Waals surface area contributed by atoms with Crippen molar-refractivity contribution in [3.05, 3.63) is 24.0 Å². The highest BCUT2D eigenvalue weighted by Gasteiger charge is 2.15. The lowest BCUT2D eigenvalue weighted by Crippen LogP contribution is -2.42. The zero-order chi connectivity index (χ0) is 11.2. The van der Waals surface area contributed by atoms with Crippen LogP contribution in [0.5, 0.6) is 0 Å². The van der Waals surface area contributed by atoms with Crippen molar-refractivity contribution in [1.29, 1.82) is 0 Å². The summed E-state index contributed by atoms with van der Waals surface area (Å²) >= 11 is 0. The predicted molar refractivity (Wildman–Crippen MR) is 63.0 cm³/mol. The van der Waals surface area contributed by atoms with Crippen LogP contribution in [-0.4, -0.2) is 17.1 Å². The molecule has 88 valence electrons. The summed E-state index contributed by atoms with van der Waals surface area (Å²) in [6.07, 6.45) is 7.88. The molecule has 0 spiro atoms. The van der Waals surface area contributed by atoms with Crippen molar-refractivity contribution in [2.75, 3.05) is 0 Å². The van der Waals surface area contributed by atoms with Crippen LogP contribution in [0, 0.1) is 0 Å². The molecule has 4 heteroatoms. The van der Waals surface area contributed by atoms with Gasteiger partial charge in [-0.05, 0) is 25.0 Å². The van der Waals surface area contributed by atoms with Gasteiger partial charge in [0.2, 0.25) is 0 Å². The molecule has 0 bridgehead atoms. The van der Waals surface area contributed by atoms with E-state index in [4.69, 9.17) is 0 Å². The van der Waals surface area contributed by atoms with Gasteiger partial charge in [-0.25, -0.2) is 4.79 Å². The fraction of sp³-hybridized carbons (Fsp3) is 0.583. The third kappa shape index (κ3) is 3.29. The molecule has 0 unspecified atom stereocenters. The molecule has 4 nitrogen and oxygen atoms in total. The summed E-state index contributed by atoms with van der Waals surface area (Å²) < 4.78 is 0. The largest absolute Gasteiger partial charge is 0.364 e. The number of urea groups is 1. The predicted octanol–water partition coefficient (Wildman–Crippen LogP) is 2.15. The Balaban J connectivity index is 1.67. The topological polar surface area (TPSA) is 56.9 Å². The fourth-order valence-corrected chi connectivity index (χ4v) is 2.14. The maximum absolute atomic E-state index is 11.6. The van der Waals surface area contributed by atoms with Crippen LogP contribution in [0.2, 0.25) is 0 Å². The standard InChI is InChI=1S/C12H19N3O/c16-12(14-9-11-7-4-8-13-11)15-10-5-2-1-3-6-10/h4,7-8,10,13H,1-3,5-6,9H2,(H2,14,15,16). The summed E-state index contributed by atoms with van der Waals surface area (Å²) in [5, 5.41) is 5.87. The molecule has 0 atom stereocenters. The molecule has 1 aromatic rings. The number of hydrogen-bond acceptors (Lipinski definition) is 1. The maximum atomic E-state index is 11.6. The Kier molecular flexibility index (Phi) is 3.86. The van der Waals surface area contributed by atoms with E-state index in [0.717, 1.165) is 18.5 Å². The first kappa shape index (κ1) is 11.0. The van der Waals surface area contributed by atoms with Crippen LogP contribution < -0.4 is 10.6 Å². The van der Waals surface area contributed by atoms with E-state index in [1.54, 1.807) is 0 Å². The Morgan fingerprint density at radius 1 is 1.38 bits per heavy atom. The lowest BCUT2D eigenvalue weighted by atomic mass is 9.96. The van der Waals surface area contributed by atoms with Crippen molar-refractivity contribution < 1.29 is 4.79 Å². The van der Waals surface area contributed by atoms with E-state index < -0.39 is 0 Å². The van der Waals surface area contributed by atoms with Gasteiger partial charge >= 0.3 is 6.03 Å². The second-order valence-corrected chi connectivity index (χ2v) is 4.36. The van der Waals surface area contributed by atoms with E-state index in [-0.39, 0.29) is 6.03 Å². The van der Waals surface area contributed by atoms with Gasteiger partial charge in [-0.3, -0.25) is 0 Å². The van der Waals surface area contributed by atoms with E-state index in [2.05, 4.69) is 15.6 Å². The number of amides is 2. The zero-order valence-electron chi connectivity index (χ0n) is 9.46. The third-order valence-corrected chi connectivity index (χ3v) is 3.04. The smallest absolute Gasteiger partial charge is 0.315 e. The first-order valence-corrected chi connectivity index (χ1v) is 6.01. The van der Waals surface area contributed by atoms with E-state index in [1.807, 2.05) is 18.3 Å². The quantitative estimate of drug-likeness (QED) is 0.719. The Hall–Kier alpha value is -1.45. The molecule has 1 fully saturated rings. The summed E-state index contributed by atoms with van der Waals surface area (Å²) in [5.41, 5.74) is 1.03. The van der Waals surface area contributed by atoms with Crippen LogP contribution in [0.3, 0.4) is 0 Å². The molecular formula is C12H19N3O. The Morgan fingerprint density at radius 3 is 2.88 bits per heavy atom. The monoisotopic (exact) mass is 221 g/mol. The average Bonchev–Trinajstić information content (AvgIpc) is 2.81. The van der Waals surface area contributed by atoms with Crippen LogP contribution in [0.15, 0.2) is 18.3 Å². The molecule has 1 saturated carbocycles. The van der Waals surface area contributed by atoms with E-state index in [0.29, 0.717) is 12.6 Å². The van der Waals surface area contributed by atoms with Gasteiger partial charge in [0, 0.05) is 17.9 Å². The summed E-state index contributed by atoms with van der Waals surface area (Å²) in [7, 11) is 0. The maximum Gasteiger partial charge on any atom is 0.315 e. The Morgan fingerprint density at radius 2 is 2.19 bits per heavy atom.